The lowest BCUT2D eigenvalue weighted by Crippen LogP contribution is -2.50. The number of nitrogens with zero attached hydrogens (tertiary/aromatic N) is 2. The summed E-state index contributed by atoms with van der Waals surface area (Å²) in [5.74, 6) is 0.205. The molecule has 5 nitrogen and oxygen atoms in total. The van der Waals surface area contributed by atoms with Crippen molar-refractivity contribution in [3.63, 3.8) is 0 Å². The molecular formula is C25H33N3O2. The van der Waals surface area contributed by atoms with Gasteiger partial charge in [0.05, 0.1) is 6.54 Å². The zero-order valence-corrected chi connectivity index (χ0v) is 18.4. The third-order valence-corrected chi connectivity index (χ3v) is 5.90. The number of benzene rings is 2. The molecule has 0 atom stereocenters. The number of aryl methyl sites for hydroxylation is 4. The smallest absolute Gasteiger partial charge is 0.238 e. The van der Waals surface area contributed by atoms with Gasteiger partial charge in [-0.15, -0.1) is 0 Å². The van der Waals surface area contributed by atoms with Gasteiger partial charge in [0, 0.05) is 38.3 Å². The maximum atomic E-state index is 12.6. The first-order valence-corrected chi connectivity index (χ1v) is 10.9. The molecule has 160 valence electrons. The van der Waals surface area contributed by atoms with Crippen molar-refractivity contribution in [1.82, 2.24) is 9.80 Å². The van der Waals surface area contributed by atoms with Crippen LogP contribution in [0.25, 0.3) is 0 Å². The Morgan fingerprint density at radius 1 is 0.900 bits per heavy atom. The highest BCUT2D eigenvalue weighted by Crippen LogP contribution is 2.19. The van der Waals surface area contributed by atoms with Crippen LogP contribution in [-0.2, 0) is 22.4 Å². The van der Waals surface area contributed by atoms with Crippen molar-refractivity contribution in [3.05, 3.63) is 64.7 Å². The first-order chi connectivity index (χ1) is 14.5. The minimum absolute atomic E-state index is 0.00250. The second-order valence-corrected chi connectivity index (χ2v) is 8.14. The zero-order valence-electron chi connectivity index (χ0n) is 18.4. The number of rotatable bonds is 7. The summed E-state index contributed by atoms with van der Waals surface area (Å²) in [5, 5.41) is 3.05. The van der Waals surface area contributed by atoms with Crippen molar-refractivity contribution in [2.75, 3.05) is 38.0 Å². The number of hydrogen-bond donors (Lipinski definition) is 1. The van der Waals surface area contributed by atoms with Gasteiger partial charge in [-0.25, -0.2) is 0 Å². The van der Waals surface area contributed by atoms with E-state index < -0.39 is 0 Å². The van der Waals surface area contributed by atoms with E-state index in [0.717, 1.165) is 42.7 Å². The molecule has 1 N–H and O–H groups in total. The highest BCUT2D eigenvalue weighted by atomic mass is 16.2. The van der Waals surface area contributed by atoms with Gasteiger partial charge in [0.15, 0.2) is 0 Å². The third kappa shape index (κ3) is 5.92. The summed E-state index contributed by atoms with van der Waals surface area (Å²) in [4.78, 5) is 29.1. The fraction of sp³-hybridized carbons (Fsp3) is 0.440. The van der Waals surface area contributed by atoms with Crippen molar-refractivity contribution in [3.8, 4) is 0 Å². The van der Waals surface area contributed by atoms with Crippen LogP contribution in [0.3, 0.4) is 0 Å². The first-order valence-electron chi connectivity index (χ1n) is 10.9. The van der Waals surface area contributed by atoms with Crippen molar-refractivity contribution >= 4 is 17.5 Å². The van der Waals surface area contributed by atoms with E-state index in [0.29, 0.717) is 26.1 Å². The first kappa shape index (κ1) is 22.0. The van der Waals surface area contributed by atoms with Gasteiger partial charge in [-0.3, -0.25) is 14.5 Å². The van der Waals surface area contributed by atoms with Crippen LogP contribution in [-0.4, -0.2) is 54.3 Å². The van der Waals surface area contributed by atoms with E-state index in [1.54, 1.807) is 0 Å². The second-order valence-electron chi connectivity index (χ2n) is 8.14. The second kappa shape index (κ2) is 10.4. The molecule has 1 fully saturated rings. The molecule has 0 aromatic heterocycles. The largest absolute Gasteiger partial charge is 0.340 e. The van der Waals surface area contributed by atoms with E-state index in [9.17, 15) is 9.59 Å². The molecule has 2 aromatic carbocycles. The molecule has 0 radical (unpaired) electrons. The summed E-state index contributed by atoms with van der Waals surface area (Å²) in [6, 6.07) is 14.5. The number of hydrogen-bond acceptors (Lipinski definition) is 3. The molecule has 0 aliphatic carbocycles. The molecule has 1 heterocycles. The van der Waals surface area contributed by atoms with Gasteiger partial charge in [0.1, 0.15) is 0 Å². The number of para-hydroxylation sites is 1. The fourth-order valence-corrected chi connectivity index (χ4v) is 3.90. The summed E-state index contributed by atoms with van der Waals surface area (Å²) < 4.78 is 0. The monoisotopic (exact) mass is 407 g/mol. The molecule has 5 heteroatoms. The van der Waals surface area contributed by atoms with Crippen molar-refractivity contribution in [2.24, 2.45) is 0 Å². The lowest BCUT2D eigenvalue weighted by molar-refractivity contribution is -0.133. The van der Waals surface area contributed by atoms with Crippen molar-refractivity contribution < 1.29 is 9.59 Å². The molecule has 0 unspecified atom stereocenters. The molecule has 30 heavy (non-hydrogen) atoms. The number of amides is 2. The highest BCUT2D eigenvalue weighted by Gasteiger charge is 2.22. The SMILES string of the molecule is CCc1ccc(CCC(=O)N2CCN(CC(=O)Nc3c(C)cccc3C)CC2)cc1. The number of nitrogens with one attached hydrogen (secondary N) is 1. The average Bonchev–Trinajstić information content (AvgIpc) is 2.75. The van der Waals surface area contributed by atoms with E-state index in [1.807, 2.05) is 36.9 Å². The van der Waals surface area contributed by atoms with Crippen LogP contribution in [0.1, 0.15) is 35.6 Å². The molecule has 3 rings (SSSR count). The van der Waals surface area contributed by atoms with E-state index in [2.05, 4.69) is 41.4 Å². The topological polar surface area (TPSA) is 52.7 Å². The molecule has 0 saturated carbocycles. The van der Waals surface area contributed by atoms with Crippen molar-refractivity contribution in [2.45, 2.75) is 40.0 Å². The Kier molecular flexibility index (Phi) is 7.63. The Morgan fingerprint density at radius 2 is 1.50 bits per heavy atom. The fourth-order valence-electron chi connectivity index (χ4n) is 3.90. The molecule has 1 aliphatic heterocycles. The lowest BCUT2D eigenvalue weighted by Gasteiger charge is -2.34. The van der Waals surface area contributed by atoms with Crippen LogP contribution in [0.4, 0.5) is 5.69 Å². The lowest BCUT2D eigenvalue weighted by atomic mass is 10.1. The van der Waals surface area contributed by atoms with Crippen LogP contribution < -0.4 is 5.32 Å². The maximum Gasteiger partial charge on any atom is 0.238 e. The van der Waals surface area contributed by atoms with Gasteiger partial charge < -0.3 is 10.2 Å². The van der Waals surface area contributed by atoms with Gasteiger partial charge in [-0.1, -0.05) is 49.4 Å². The molecule has 2 aromatic rings. The number of carbonyl (C=O) groups excluding carboxylic acids is 2. The minimum atomic E-state index is 0.00250. The van der Waals surface area contributed by atoms with Gasteiger partial charge in [0.2, 0.25) is 11.8 Å². The van der Waals surface area contributed by atoms with Gasteiger partial charge >= 0.3 is 0 Å². The standard InChI is InChI=1S/C25H33N3O2/c1-4-21-8-10-22(11-9-21)12-13-24(30)28-16-14-27(15-17-28)18-23(29)26-25-19(2)6-5-7-20(25)3/h5-11H,4,12-18H2,1-3H3,(H,26,29). The van der Waals surface area contributed by atoms with Crippen LogP contribution in [0.15, 0.2) is 42.5 Å². The van der Waals surface area contributed by atoms with Crippen molar-refractivity contribution in [1.29, 1.82) is 0 Å². The minimum Gasteiger partial charge on any atom is -0.340 e. The highest BCUT2D eigenvalue weighted by molar-refractivity contribution is 5.93. The molecular weight excluding hydrogens is 374 g/mol. The summed E-state index contributed by atoms with van der Waals surface area (Å²) >= 11 is 0. The van der Waals surface area contributed by atoms with Crippen LogP contribution in [0.5, 0.6) is 0 Å². The quantitative estimate of drug-likeness (QED) is 0.763. The Bertz CT molecular complexity index is 848. The Morgan fingerprint density at radius 3 is 2.10 bits per heavy atom. The molecule has 1 aliphatic rings. The van der Waals surface area contributed by atoms with Crippen LogP contribution in [0.2, 0.25) is 0 Å². The Balaban J connectivity index is 1.41. The predicted molar refractivity (Wildman–Crippen MR) is 122 cm³/mol. The predicted octanol–water partition coefficient (Wildman–Crippen LogP) is 3.58. The summed E-state index contributed by atoms with van der Waals surface area (Å²) in [7, 11) is 0. The average molecular weight is 408 g/mol. The van der Waals surface area contributed by atoms with E-state index in [1.165, 1.54) is 11.1 Å². The third-order valence-electron chi connectivity index (χ3n) is 5.90. The Labute approximate surface area is 180 Å². The summed E-state index contributed by atoms with van der Waals surface area (Å²) in [6.45, 7) is 9.35. The van der Waals surface area contributed by atoms with Gasteiger partial charge in [0.25, 0.3) is 0 Å². The molecule has 1 saturated heterocycles. The number of carbonyl (C=O) groups is 2. The number of anilines is 1. The summed E-state index contributed by atoms with van der Waals surface area (Å²) in [5.41, 5.74) is 5.58. The normalized spacial score (nSPS) is 14.6. The van der Waals surface area contributed by atoms with Gasteiger partial charge in [-0.2, -0.15) is 0 Å². The van der Waals surface area contributed by atoms with Crippen LogP contribution >= 0.6 is 0 Å². The van der Waals surface area contributed by atoms with Gasteiger partial charge in [-0.05, 0) is 48.9 Å². The maximum absolute atomic E-state index is 12.6. The molecule has 2 amide bonds. The Hall–Kier alpha value is -2.66. The number of piperazine rings is 1. The van der Waals surface area contributed by atoms with E-state index in [-0.39, 0.29) is 11.8 Å². The van der Waals surface area contributed by atoms with E-state index >= 15 is 0 Å². The summed E-state index contributed by atoms with van der Waals surface area (Å²) in [6.07, 6.45) is 2.35. The zero-order chi connectivity index (χ0) is 21.5. The molecule has 0 spiro atoms. The van der Waals surface area contributed by atoms with Crippen LogP contribution in [0, 0.1) is 13.8 Å². The molecule has 0 bridgehead atoms. The van der Waals surface area contributed by atoms with E-state index in [4.69, 9.17) is 0 Å².